The number of nitrogens with zero attached hydrogens (tertiary/aromatic N) is 1. The number of halogens is 1. The van der Waals surface area contributed by atoms with Gasteiger partial charge in [0, 0.05) is 36.6 Å². The third-order valence-electron chi connectivity index (χ3n) is 6.01. The van der Waals surface area contributed by atoms with Crippen molar-refractivity contribution in [2.45, 2.75) is 24.8 Å². The van der Waals surface area contributed by atoms with Crippen LogP contribution in [0.4, 0.5) is 0 Å². The number of rotatable bonds is 12. The third kappa shape index (κ3) is 7.44. The summed E-state index contributed by atoms with van der Waals surface area (Å²) in [4.78, 5) is 18.2. The van der Waals surface area contributed by atoms with Crippen molar-refractivity contribution in [3.8, 4) is 5.75 Å². The Bertz CT molecular complexity index is 1230. The van der Waals surface area contributed by atoms with Crippen LogP contribution in [0.3, 0.4) is 0 Å². The molecule has 3 aromatic carbocycles. The highest BCUT2D eigenvalue weighted by Gasteiger charge is 2.43. The second-order valence-corrected chi connectivity index (χ2v) is 9.28. The summed E-state index contributed by atoms with van der Waals surface area (Å²) in [6.45, 7) is 1.15. The highest BCUT2D eigenvalue weighted by Crippen LogP contribution is 2.28. The summed E-state index contributed by atoms with van der Waals surface area (Å²) in [5.41, 5.74) is 1.82. The van der Waals surface area contributed by atoms with Gasteiger partial charge in [-0.25, -0.2) is 4.99 Å². The van der Waals surface area contributed by atoms with Crippen LogP contribution < -0.4 is 10.1 Å². The molecule has 0 fully saturated rings. The molecule has 4 rings (SSSR count). The Balaban J connectivity index is 1.48. The van der Waals surface area contributed by atoms with Gasteiger partial charge in [-0.15, -0.1) is 0 Å². The van der Waals surface area contributed by atoms with E-state index in [1.807, 2.05) is 91.0 Å². The molecule has 7 heteroatoms. The standard InChI is InChI=1S/C30H31ClN2O4/c31-26-11-4-9-24(21-26)16-18-32-29(35)30(17-5-10-23-7-2-1-3-8-23)22-37-28(33-30)25-12-14-27(15-13-25)36-20-6-19-34/h1-5,7-15,21,34H,6,16-20,22H2,(H,32,35)/b10-5+/t30-/m1/s1. The van der Waals surface area contributed by atoms with E-state index in [9.17, 15) is 4.79 Å². The molecule has 0 radical (unpaired) electrons. The van der Waals surface area contributed by atoms with E-state index >= 15 is 0 Å². The van der Waals surface area contributed by atoms with Crippen LogP contribution in [0.2, 0.25) is 5.02 Å². The maximum Gasteiger partial charge on any atom is 0.251 e. The van der Waals surface area contributed by atoms with Gasteiger partial charge >= 0.3 is 0 Å². The molecule has 0 saturated carbocycles. The molecule has 37 heavy (non-hydrogen) atoms. The first-order chi connectivity index (χ1) is 18.1. The molecule has 1 atom stereocenters. The normalized spacial score (nSPS) is 16.9. The molecule has 1 aliphatic heterocycles. The molecular formula is C30H31ClN2O4. The van der Waals surface area contributed by atoms with Crippen LogP contribution in [-0.2, 0) is 16.0 Å². The van der Waals surface area contributed by atoms with Gasteiger partial charge < -0.3 is 19.9 Å². The molecule has 192 valence electrons. The van der Waals surface area contributed by atoms with Crippen LogP contribution in [0.25, 0.3) is 6.08 Å². The van der Waals surface area contributed by atoms with Gasteiger partial charge in [0.1, 0.15) is 12.4 Å². The van der Waals surface area contributed by atoms with Gasteiger partial charge in [0.15, 0.2) is 5.54 Å². The maximum absolute atomic E-state index is 13.4. The highest BCUT2D eigenvalue weighted by atomic mass is 35.5. The van der Waals surface area contributed by atoms with Crippen LogP contribution in [0, 0.1) is 0 Å². The smallest absolute Gasteiger partial charge is 0.251 e. The van der Waals surface area contributed by atoms with Crippen molar-refractivity contribution in [1.29, 1.82) is 0 Å². The second-order valence-electron chi connectivity index (χ2n) is 8.84. The Kier molecular flexibility index (Phi) is 9.35. The minimum Gasteiger partial charge on any atom is -0.494 e. The van der Waals surface area contributed by atoms with Crippen molar-refractivity contribution in [2.75, 3.05) is 26.4 Å². The van der Waals surface area contributed by atoms with Crippen molar-refractivity contribution < 1.29 is 19.4 Å². The van der Waals surface area contributed by atoms with E-state index in [-0.39, 0.29) is 19.1 Å². The molecule has 3 aromatic rings. The topological polar surface area (TPSA) is 80.2 Å². The van der Waals surface area contributed by atoms with Crippen LogP contribution in [-0.4, -0.2) is 48.8 Å². The van der Waals surface area contributed by atoms with E-state index in [0.717, 1.165) is 16.7 Å². The number of amides is 1. The van der Waals surface area contributed by atoms with Gasteiger partial charge in [-0.05, 0) is 53.9 Å². The van der Waals surface area contributed by atoms with E-state index in [2.05, 4.69) is 5.32 Å². The lowest BCUT2D eigenvalue weighted by Crippen LogP contribution is -2.47. The predicted octanol–water partition coefficient (Wildman–Crippen LogP) is 5.08. The lowest BCUT2D eigenvalue weighted by molar-refractivity contribution is -0.126. The molecule has 6 nitrogen and oxygen atoms in total. The van der Waals surface area contributed by atoms with Gasteiger partial charge in [0.05, 0.1) is 6.61 Å². The first-order valence-electron chi connectivity index (χ1n) is 12.4. The first kappa shape index (κ1) is 26.5. The number of aliphatic imine (C=N–C) groups is 1. The Morgan fingerprint density at radius 2 is 1.92 bits per heavy atom. The van der Waals surface area contributed by atoms with Gasteiger partial charge in [-0.2, -0.15) is 0 Å². The number of ether oxygens (including phenoxy) is 2. The molecule has 1 aliphatic rings. The number of benzene rings is 3. The Hall–Kier alpha value is -3.61. The molecule has 2 N–H and O–H groups in total. The van der Waals surface area contributed by atoms with E-state index in [1.54, 1.807) is 0 Å². The van der Waals surface area contributed by atoms with Crippen LogP contribution in [0.1, 0.15) is 29.5 Å². The third-order valence-corrected chi connectivity index (χ3v) is 6.25. The molecule has 0 spiro atoms. The van der Waals surface area contributed by atoms with Crippen LogP contribution >= 0.6 is 11.6 Å². The minimum atomic E-state index is -1.06. The summed E-state index contributed by atoms with van der Waals surface area (Å²) in [7, 11) is 0. The molecule has 0 unspecified atom stereocenters. The number of aliphatic hydroxyl groups excluding tert-OH is 1. The molecular weight excluding hydrogens is 488 g/mol. The lowest BCUT2D eigenvalue weighted by atomic mass is 9.95. The predicted molar refractivity (Wildman–Crippen MR) is 147 cm³/mol. The lowest BCUT2D eigenvalue weighted by Gasteiger charge is -2.21. The van der Waals surface area contributed by atoms with Gasteiger partial charge in [0.25, 0.3) is 5.91 Å². The largest absolute Gasteiger partial charge is 0.494 e. The van der Waals surface area contributed by atoms with Crippen molar-refractivity contribution >= 4 is 29.5 Å². The van der Waals surface area contributed by atoms with Crippen molar-refractivity contribution in [3.05, 3.63) is 107 Å². The summed E-state index contributed by atoms with van der Waals surface area (Å²) in [5.74, 6) is 0.956. The molecule has 0 saturated heterocycles. The zero-order valence-electron chi connectivity index (χ0n) is 20.6. The highest BCUT2D eigenvalue weighted by molar-refractivity contribution is 6.30. The molecule has 1 heterocycles. The summed E-state index contributed by atoms with van der Waals surface area (Å²) < 4.78 is 11.6. The number of carbonyl (C=O) groups is 1. The number of hydrogen-bond acceptors (Lipinski definition) is 5. The molecule has 0 aliphatic carbocycles. The number of carbonyl (C=O) groups excluding carboxylic acids is 1. The average Bonchev–Trinajstić information content (AvgIpc) is 3.35. The van der Waals surface area contributed by atoms with Crippen molar-refractivity contribution in [1.82, 2.24) is 5.32 Å². The quantitative estimate of drug-likeness (QED) is 0.328. The van der Waals surface area contributed by atoms with E-state index in [1.165, 1.54) is 0 Å². The monoisotopic (exact) mass is 518 g/mol. The molecule has 0 bridgehead atoms. The zero-order chi connectivity index (χ0) is 25.9. The summed E-state index contributed by atoms with van der Waals surface area (Å²) in [5, 5.41) is 12.6. The summed E-state index contributed by atoms with van der Waals surface area (Å²) in [6.07, 6.45) is 5.60. The number of hydrogen-bond donors (Lipinski definition) is 2. The van der Waals surface area contributed by atoms with Gasteiger partial charge in [-0.1, -0.05) is 66.2 Å². The Morgan fingerprint density at radius 3 is 2.68 bits per heavy atom. The molecule has 0 aromatic heterocycles. The van der Waals surface area contributed by atoms with Crippen LogP contribution in [0.5, 0.6) is 5.75 Å². The van der Waals surface area contributed by atoms with Gasteiger partial charge in [-0.3, -0.25) is 4.79 Å². The average molecular weight is 519 g/mol. The number of nitrogens with one attached hydrogen (secondary N) is 1. The number of aliphatic hydroxyl groups is 1. The van der Waals surface area contributed by atoms with Crippen molar-refractivity contribution in [2.24, 2.45) is 4.99 Å². The fourth-order valence-corrected chi connectivity index (χ4v) is 4.20. The van der Waals surface area contributed by atoms with E-state index < -0.39 is 5.54 Å². The van der Waals surface area contributed by atoms with E-state index in [4.69, 9.17) is 31.2 Å². The first-order valence-corrected chi connectivity index (χ1v) is 12.8. The SMILES string of the molecule is O=C(NCCc1cccc(Cl)c1)[C@@]1(C/C=C/c2ccccc2)COC(c2ccc(OCCCO)cc2)=N1. The Labute approximate surface area is 222 Å². The Morgan fingerprint density at radius 1 is 1.11 bits per heavy atom. The fraction of sp³-hybridized carbons (Fsp3) is 0.267. The zero-order valence-corrected chi connectivity index (χ0v) is 21.4. The van der Waals surface area contributed by atoms with Gasteiger partial charge in [0.2, 0.25) is 5.90 Å². The summed E-state index contributed by atoms with van der Waals surface area (Å²) in [6, 6.07) is 25.0. The molecule has 1 amide bonds. The van der Waals surface area contributed by atoms with Crippen LogP contribution in [0.15, 0.2) is 89.9 Å². The summed E-state index contributed by atoms with van der Waals surface area (Å²) >= 11 is 6.09. The maximum atomic E-state index is 13.4. The van der Waals surface area contributed by atoms with E-state index in [0.29, 0.717) is 49.1 Å². The van der Waals surface area contributed by atoms with Crippen molar-refractivity contribution in [3.63, 3.8) is 0 Å². The second kappa shape index (κ2) is 13.1. The fourth-order valence-electron chi connectivity index (χ4n) is 3.99. The minimum absolute atomic E-state index is 0.0880.